The van der Waals surface area contributed by atoms with Gasteiger partial charge in [-0.15, -0.1) is 0 Å². The van der Waals surface area contributed by atoms with Gasteiger partial charge in [-0.25, -0.2) is 39.9 Å². The number of benzene rings is 10. The summed E-state index contributed by atoms with van der Waals surface area (Å²) < 4.78 is 0. The van der Waals surface area contributed by atoms with E-state index in [1.165, 1.54) is 0 Å². The van der Waals surface area contributed by atoms with Gasteiger partial charge in [0.05, 0.1) is 11.4 Å². The molecule has 0 spiro atoms. The molecular weight excluding hydrogens is 989 g/mol. The van der Waals surface area contributed by atoms with Gasteiger partial charge < -0.3 is 0 Å². The highest BCUT2D eigenvalue weighted by Gasteiger charge is 2.17. The van der Waals surface area contributed by atoms with Crippen LogP contribution in [-0.2, 0) is 6.42 Å². The zero-order valence-corrected chi connectivity index (χ0v) is 44.7. The van der Waals surface area contributed by atoms with Crippen molar-refractivity contribution in [3.05, 3.63) is 290 Å². The SMILES string of the molecule is Cc1nc(-c2ccccc2)cc(-c2ccc(-c3cccc(-c4cccc(-c5ccc(-c6nc(Cc7cc(-c8ccccc8)cc(-c8nc(C)nc(-c9ccccc9)n8)c7)nc(-c7ccc(-c8ccccc8)cc7)n6)cc5)c4)c3)cc2)n1. The second-order valence-electron chi connectivity index (χ2n) is 20.1. The van der Waals surface area contributed by atoms with Gasteiger partial charge in [0.25, 0.3) is 0 Å². The Hall–Kier alpha value is -10.7. The summed E-state index contributed by atoms with van der Waals surface area (Å²) in [6, 6.07) is 92.7. The molecule has 0 N–H and O–H groups in total. The Morgan fingerprint density at radius 1 is 0.210 bits per heavy atom. The predicted octanol–water partition coefficient (Wildman–Crippen LogP) is 17.4. The fourth-order valence-electron chi connectivity index (χ4n) is 10.3. The van der Waals surface area contributed by atoms with Gasteiger partial charge in [-0.05, 0) is 105 Å². The van der Waals surface area contributed by atoms with Gasteiger partial charge in [0.15, 0.2) is 23.3 Å². The Kier molecular flexibility index (Phi) is 13.7. The standard InChI is InChI=1S/C73H52N8/c1-48-74-67(56-21-11-5-12-22-56)47-68(75-48)57-35-29-54(30-36-57)61-25-15-27-63(44-61)64-28-16-26-62(45-64)55-33-39-60(40-34-55)72-79-69(78-71(81-72)59-37-31-53(32-38-59)51-17-7-3-8-18-51)43-50-41-65(52-19-9-4-10-20-52)46-66(42-50)73-77-49(2)76-70(80-73)58-23-13-6-14-24-58/h3-42,44-47H,43H2,1-2H3. The van der Waals surface area contributed by atoms with Crippen molar-refractivity contribution in [1.82, 2.24) is 39.9 Å². The summed E-state index contributed by atoms with van der Waals surface area (Å²) in [4.78, 5) is 39.7. The van der Waals surface area contributed by atoms with Crippen molar-refractivity contribution >= 4 is 0 Å². The average molecular weight is 1040 g/mol. The van der Waals surface area contributed by atoms with E-state index in [0.717, 1.165) is 112 Å². The van der Waals surface area contributed by atoms with Crippen LogP contribution in [-0.4, -0.2) is 39.9 Å². The Balaban J connectivity index is 0.811. The van der Waals surface area contributed by atoms with E-state index in [2.05, 4.69) is 206 Å². The first kappa shape index (κ1) is 49.8. The lowest BCUT2D eigenvalue weighted by molar-refractivity contribution is 0.932. The predicted molar refractivity (Wildman–Crippen MR) is 327 cm³/mol. The lowest BCUT2D eigenvalue weighted by Gasteiger charge is -2.13. The first-order chi connectivity index (χ1) is 39.9. The first-order valence-electron chi connectivity index (χ1n) is 27.1. The van der Waals surface area contributed by atoms with Crippen molar-refractivity contribution in [1.29, 1.82) is 0 Å². The molecule has 8 nitrogen and oxygen atoms in total. The summed E-state index contributed by atoms with van der Waals surface area (Å²) in [5.41, 5.74) is 19.7. The minimum Gasteiger partial charge on any atom is -0.233 e. The molecule has 81 heavy (non-hydrogen) atoms. The molecule has 0 atom stereocenters. The maximum Gasteiger partial charge on any atom is 0.163 e. The molecule has 0 aliphatic carbocycles. The minimum atomic E-state index is 0.435. The quantitative estimate of drug-likeness (QED) is 0.112. The first-order valence-corrected chi connectivity index (χ1v) is 27.1. The molecule has 0 amide bonds. The monoisotopic (exact) mass is 1040 g/mol. The van der Waals surface area contributed by atoms with Crippen LogP contribution < -0.4 is 0 Å². The maximum atomic E-state index is 5.22. The van der Waals surface area contributed by atoms with Crippen molar-refractivity contribution in [3.8, 4) is 124 Å². The second-order valence-corrected chi connectivity index (χ2v) is 20.1. The van der Waals surface area contributed by atoms with Gasteiger partial charge >= 0.3 is 0 Å². The number of aryl methyl sites for hydroxylation is 2. The van der Waals surface area contributed by atoms with Crippen LogP contribution in [0.2, 0.25) is 0 Å². The molecule has 3 aromatic heterocycles. The van der Waals surface area contributed by atoms with Crippen LogP contribution >= 0.6 is 0 Å². The van der Waals surface area contributed by atoms with Crippen LogP contribution in [0, 0.1) is 13.8 Å². The number of nitrogens with zero attached hydrogens (tertiary/aromatic N) is 8. The topological polar surface area (TPSA) is 103 Å². The van der Waals surface area contributed by atoms with Gasteiger partial charge in [0.1, 0.15) is 17.5 Å². The normalized spacial score (nSPS) is 11.1. The third-order valence-electron chi connectivity index (χ3n) is 14.4. The lowest BCUT2D eigenvalue weighted by Crippen LogP contribution is -2.05. The third-order valence-corrected chi connectivity index (χ3v) is 14.4. The smallest absolute Gasteiger partial charge is 0.163 e. The van der Waals surface area contributed by atoms with Crippen molar-refractivity contribution in [2.45, 2.75) is 20.3 Å². The second kappa shape index (κ2) is 22.3. The maximum absolute atomic E-state index is 5.22. The van der Waals surface area contributed by atoms with Crippen LogP contribution in [0.1, 0.15) is 23.0 Å². The van der Waals surface area contributed by atoms with Crippen LogP contribution in [0.5, 0.6) is 0 Å². The largest absolute Gasteiger partial charge is 0.233 e. The summed E-state index contributed by atoms with van der Waals surface area (Å²) in [6.07, 6.45) is 0.435. The lowest BCUT2D eigenvalue weighted by atomic mass is 9.95. The van der Waals surface area contributed by atoms with E-state index in [4.69, 9.17) is 39.9 Å². The van der Waals surface area contributed by atoms with Crippen LogP contribution in [0.25, 0.3) is 124 Å². The Labute approximate surface area is 471 Å². The van der Waals surface area contributed by atoms with E-state index < -0.39 is 0 Å². The Bertz CT molecular complexity index is 4340. The molecule has 10 aromatic carbocycles. The molecule has 0 saturated carbocycles. The van der Waals surface area contributed by atoms with Crippen molar-refractivity contribution < 1.29 is 0 Å². The molecule has 0 fully saturated rings. The Morgan fingerprint density at radius 2 is 0.506 bits per heavy atom. The summed E-state index contributed by atoms with van der Waals surface area (Å²) in [5, 5.41) is 0. The molecule has 0 aliphatic heterocycles. The van der Waals surface area contributed by atoms with Gasteiger partial charge in [0.2, 0.25) is 0 Å². The number of hydrogen-bond acceptors (Lipinski definition) is 8. The molecule has 13 aromatic rings. The van der Waals surface area contributed by atoms with E-state index in [1.807, 2.05) is 74.5 Å². The molecule has 0 radical (unpaired) electrons. The highest BCUT2D eigenvalue weighted by Crippen LogP contribution is 2.35. The van der Waals surface area contributed by atoms with Crippen molar-refractivity contribution in [2.24, 2.45) is 0 Å². The molecular formula is C73H52N8. The highest BCUT2D eigenvalue weighted by atomic mass is 15.0. The van der Waals surface area contributed by atoms with Crippen LogP contribution in [0.3, 0.4) is 0 Å². The Morgan fingerprint density at radius 3 is 1.00 bits per heavy atom. The zero-order valence-electron chi connectivity index (χ0n) is 44.7. The fourth-order valence-corrected chi connectivity index (χ4v) is 10.3. The minimum absolute atomic E-state index is 0.435. The van der Waals surface area contributed by atoms with E-state index in [-0.39, 0.29) is 0 Å². The highest BCUT2D eigenvalue weighted by molar-refractivity contribution is 5.80. The van der Waals surface area contributed by atoms with E-state index in [9.17, 15) is 0 Å². The fraction of sp³-hybridized carbons (Fsp3) is 0.0411. The van der Waals surface area contributed by atoms with E-state index in [0.29, 0.717) is 41.4 Å². The third kappa shape index (κ3) is 11.2. The van der Waals surface area contributed by atoms with E-state index >= 15 is 0 Å². The van der Waals surface area contributed by atoms with Crippen LogP contribution in [0.4, 0.5) is 0 Å². The number of aromatic nitrogens is 8. The number of hydrogen-bond donors (Lipinski definition) is 0. The van der Waals surface area contributed by atoms with Gasteiger partial charge in [-0.3, -0.25) is 0 Å². The molecule has 0 aliphatic rings. The van der Waals surface area contributed by atoms with Crippen LogP contribution in [0.15, 0.2) is 267 Å². The summed E-state index contributed by atoms with van der Waals surface area (Å²) >= 11 is 0. The van der Waals surface area contributed by atoms with Gasteiger partial charge in [0, 0.05) is 39.8 Å². The molecule has 13 rings (SSSR count). The molecule has 3 heterocycles. The van der Waals surface area contributed by atoms with Crippen molar-refractivity contribution in [3.63, 3.8) is 0 Å². The van der Waals surface area contributed by atoms with E-state index in [1.54, 1.807) is 0 Å². The molecule has 0 bridgehead atoms. The summed E-state index contributed by atoms with van der Waals surface area (Å²) in [6.45, 7) is 3.86. The van der Waals surface area contributed by atoms with Gasteiger partial charge in [-0.2, -0.15) is 0 Å². The molecule has 0 unspecified atom stereocenters. The molecule has 0 saturated heterocycles. The summed E-state index contributed by atoms with van der Waals surface area (Å²) in [7, 11) is 0. The van der Waals surface area contributed by atoms with Gasteiger partial charge in [-0.1, -0.05) is 237 Å². The average Bonchev–Trinajstić information content (AvgIpc) is 3.59. The molecule has 384 valence electrons. The van der Waals surface area contributed by atoms with Crippen molar-refractivity contribution in [2.75, 3.05) is 0 Å². The summed E-state index contributed by atoms with van der Waals surface area (Å²) in [5.74, 6) is 4.46. The number of rotatable bonds is 13. The molecule has 8 heteroatoms. The zero-order chi connectivity index (χ0) is 54.5.